The van der Waals surface area contributed by atoms with Crippen molar-refractivity contribution in [2.24, 2.45) is 0 Å². The molecule has 2 heterocycles. The van der Waals surface area contributed by atoms with Gasteiger partial charge in [-0.25, -0.2) is 8.78 Å². The first-order chi connectivity index (χ1) is 10.1. The number of aromatic nitrogens is 1. The van der Waals surface area contributed by atoms with Gasteiger partial charge in [-0.15, -0.1) is 0 Å². The van der Waals surface area contributed by atoms with Gasteiger partial charge in [0, 0.05) is 24.0 Å². The number of nitrogens with one attached hydrogen (secondary N) is 1. The monoisotopic (exact) mass is 287 g/mol. The summed E-state index contributed by atoms with van der Waals surface area (Å²) in [6, 6.07) is 7.15. The van der Waals surface area contributed by atoms with E-state index in [0.29, 0.717) is 17.8 Å². The Morgan fingerprint density at radius 2 is 1.95 bits per heavy atom. The second-order valence-electron chi connectivity index (χ2n) is 5.04. The summed E-state index contributed by atoms with van der Waals surface area (Å²) < 4.78 is 26.7. The average molecular weight is 287 g/mol. The molecule has 0 radical (unpaired) electrons. The Morgan fingerprint density at radius 1 is 1.19 bits per heavy atom. The zero-order valence-electron chi connectivity index (χ0n) is 11.6. The normalized spacial score (nSPS) is 13.6. The van der Waals surface area contributed by atoms with Crippen molar-refractivity contribution < 1.29 is 8.78 Å². The largest absolute Gasteiger partial charge is 0.373 e. The fourth-order valence-electron chi connectivity index (χ4n) is 2.28. The van der Waals surface area contributed by atoms with E-state index in [4.69, 9.17) is 0 Å². The molecule has 0 amide bonds. The number of hydrogen-bond donors (Lipinski definition) is 1. The Hall–Kier alpha value is -2.43. The molecule has 0 saturated heterocycles. The van der Waals surface area contributed by atoms with E-state index in [0.717, 1.165) is 24.0 Å². The third-order valence-corrected chi connectivity index (χ3v) is 3.41. The van der Waals surface area contributed by atoms with Crippen LogP contribution >= 0.6 is 0 Å². The summed E-state index contributed by atoms with van der Waals surface area (Å²) in [6.07, 6.45) is 3.83. The molecule has 21 heavy (non-hydrogen) atoms. The number of rotatable bonds is 3. The predicted octanol–water partition coefficient (Wildman–Crippen LogP) is 3.17. The van der Waals surface area contributed by atoms with Gasteiger partial charge in [0.1, 0.15) is 11.6 Å². The molecule has 3 rings (SSSR count). The van der Waals surface area contributed by atoms with Gasteiger partial charge in [0.25, 0.3) is 0 Å². The number of benzene rings is 1. The number of hydrogen-bond acceptors (Lipinski definition) is 3. The minimum atomic E-state index is -0.597. The first kappa shape index (κ1) is 13.5. The maximum absolute atomic E-state index is 13.3. The zero-order valence-corrected chi connectivity index (χ0v) is 11.6. The van der Waals surface area contributed by atoms with Gasteiger partial charge in [-0.3, -0.25) is 4.98 Å². The van der Waals surface area contributed by atoms with Gasteiger partial charge in [-0.05, 0) is 30.7 Å². The smallest absolute Gasteiger partial charge is 0.126 e. The highest BCUT2D eigenvalue weighted by Crippen LogP contribution is 2.22. The van der Waals surface area contributed by atoms with Crippen molar-refractivity contribution in [3.63, 3.8) is 0 Å². The van der Waals surface area contributed by atoms with Crippen molar-refractivity contribution in [3.8, 4) is 11.3 Å². The van der Waals surface area contributed by atoms with E-state index < -0.39 is 11.6 Å². The topological polar surface area (TPSA) is 28.2 Å². The fourth-order valence-corrected chi connectivity index (χ4v) is 2.28. The first-order valence-electron chi connectivity index (χ1n) is 6.69. The molecule has 0 spiro atoms. The minimum Gasteiger partial charge on any atom is -0.373 e. The van der Waals surface area contributed by atoms with Crippen molar-refractivity contribution in [3.05, 3.63) is 65.6 Å². The maximum atomic E-state index is 13.3. The molecule has 1 aliphatic heterocycles. The summed E-state index contributed by atoms with van der Waals surface area (Å²) in [5.74, 6) is -1.19. The average Bonchev–Trinajstić information content (AvgIpc) is 2.93. The summed E-state index contributed by atoms with van der Waals surface area (Å²) in [7, 11) is 0. The lowest BCUT2D eigenvalue weighted by molar-refractivity contribution is 0.379. The Bertz CT molecular complexity index is 678. The van der Waals surface area contributed by atoms with Crippen LogP contribution in [0.3, 0.4) is 0 Å². The summed E-state index contributed by atoms with van der Waals surface area (Å²) in [5, 5.41) is 3.09. The van der Waals surface area contributed by atoms with Crippen LogP contribution in [0.15, 0.2) is 42.7 Å². The summed E-state index contributed by atoms with van der Waals surface area (Å²) >= 11 is 0. The van der Waals surface area contributed by atoms with Gasteiger partial charge in [-0.1, -0.05) is 6.07 Å². The molecule has 0 saturated carbocycles. The molecule has 0 fully saturated rings. The van der Waals surface area contributed by atoms with E-state index in [9.17, 15) is 8.78 Å². The Labute approximate surface area is 121 Å². The van der Waals surface area contributed by atoms with Crippen LogP contribution in [-0.4, -0.2) is 16.6 Å². The molecule has 0 atom stereocenters. The van der Waals surface area contributed by atoms with Gasteiger partial charge >= 0.3 is 0 Å². The van der Waals surface area contributed by atoms with Crippen molar-refractivity contribution in [2.45, 2.75) is 13.5 Å². The van der Waals surface area contributed by atoms with E-state index in [1.807, 2.05) is 25.4 Å². The van der Waals surface area contributed by atoms with E-state index >= 15 is 0 Å². The van der Waals surface area contributed by atoms with Crippen LogP contribution in [0.2, 0.25) is 0 Å². The van der Waals surface area contributed by atoms with Gasteiger partial charge < -0.3 is 10.2 Å². The number of halogens is 2. The fraction of sp³-hybridized carbons (Fsp3) is 0.188. The molecule has 3 nitrogen and oxygen atoms in total. The molecule has 1 N–H and O–H groups in total. The van der Waals surface area contributed by atoms with Gasteiger partial charge in [0.15, 0.2) is 0 Å². The summed E-state index contributed by atoms with van der Waals surface area (Å²) in [5.41, 5.74) is 2.97. The third-order valence-electron chi connectivity index (χ3n) is 3.41. The van der Waals surface area contributed by atoms with Crippen LogP contribution in [0.1, 0.15) is 11.3 Å². The lowest BCUT2D eigenvalue weighted by Gasteiger charge is -2.16. The predicted molar refractivity (Wildman–Crippen MR) is 77.0 cm³/mol. The SMILES string of the molecule is Cc1ccc(-c2cc(F)cc(F)c2)nc1CN1C=CNC1. The minimum absolute atomic E-state index is 0.448. The van der Waals surface area contributed by atoms with Crippen molar-refractivity contribution in [1.82, 2.24) is 15.2 Å². The molecule has 5 heteroatoms. The second kappa shape index (κ2) is 5.52. The molecule has 1 aromatic carbocycles. The molecule has 1 aliphatic rings. The van der Waals surface area contributed by atoms with Crippen LogP contribution in [0.5, 0.6) is 0 Å². The van der Waals surface area contributed by atoms with Gasteiger partial charge in [0.2, 0.25) is 0 Å². The molecule has 0 aliphatic carbocycles. The quantitative estimate of drug-likeness (QED) is 0.940. The number of aryl methyl sites for hydroxylation is 1. The molecular formula is C16H15F2N3. The number of nitrogens with zero attached hydrogens (tertiary/aromatic N) is 2. The van der Waals surface area contributed by atoms with E-state index in [2.05, 4.69) is 15.2 Å². The lowest BCUT2D eigenvalue weighted by Crippen LogP contribution is -2.21. The Balaban J connectivity index is 1.94. The van der Waals surface area contributed by atoms with E-state index in [1.165, 1.54) is 12.1 Å². The Kier molecular flexibility index (Phi) is 3.56. The maximum Gasteiger partial charge on any atom is 0.126 e. The van der Waals surface area contributed by atoms with E-state index in [1.54, 1.807) is 6.07 Å². The van der Waals surface area contributed by atoms with Gasteiger partial charge in [-0.2, -0.15) is 0 Å². The molecule has 108 valence electrons. The second-order valence-corrected chi connectivity index (χ2v) is 5.04. The molecule has 0 unspecified atom stereocenters. The highest BCUT2D eigenvalue weighted by Gasteiger charge is 2.11. The standard InChI is InChI=1S/C16H15F2N3/c1-11-2-3-15(12-6-13(17)8-14(18)7-12)20-16(11)9-21-5-4-19-10-21/h2-8,19H,9-10H2,1H3. The molecule has 2 aromatic rings. The first-order valence-corrected chi connectivity index (χ1v) is 6.69. The molecule has 0 bridgehead atoms. The summed E-state index contributed by atoms with van der Waals surface area (Å²) in [4.78, 5) is 6.63. The molecular weight excluding hydrogens is 272 g/mol. The van der Waals surface area contributed by atoms with Crippen molar-refractivity contribution in [1.29, 1.82) is 0 Å². The molecule has 1 aromatic heterocycles. The van der Waals surface area contributed by atoms with Crippen LogP contribution in [-0.2, 0) is 6.54 Å². The zero-order chi connectivity index (χ0) is 14.8. The van der Waals surface area contributed by atoms with Crippen molar-refractivity contribution in [2.75, 3.05) is 6.67 Å². The van der Waals surface area contributed by atoms with Crippen LogP contribution in [0.4, 0.5) is 8.78 Å². The highest BCUT2D eigenvalue weighted by atomic mass is 19.1. The van der Waals surface area contributed by atoms with Crippen LogP contribution < -0.4 is 5.32 Å². The van der Waals surface area contributed by atoms with Crippen LogP contribution in [0, 0.1) is 18.6 Å². The van der Waals surface area contributed by atoms with E-state index in [-0.39, 0.29) is 0 Å². The van der Waals surface area contributed by atoms with Gasteiger partial charge in [0.05, 0.1) is 24.6 Å². The Morgan fingerprint density at radius 3 is 2.62 bits per heavy atom. The summed E-state index contributed by atoms with van der Waals surface area (Å²) in [6.45, 7) is 3.37. The lowest BCUT2D eigenvalue weighted by atomic mass is 10.1. The highest BCUT2D eigenvalue weighted by molar-refractivity contribution is 5.59. The number of pyridine rings is 1. The van der Waals surface area contributed by atoms with Crippen LogP contribution in [0.25, 0.3) is 11.3 Å². The third kappa shape index (κ3) is 3.02. The van der Waals surface area contributed by atoms with Crippen molar-refractivity contribution >= 4 is 0 Å².